The molecule has 0 fully saturated rings. The molecule has 3 heteroatoms. The summed E-state index contributed by atoms with van der Waals surface area (Å²) in [6.07, 6.45) is 1.65. The summed E-state index contributed by atoms with van der Waals surface area (Å²) in [5, 5.41) is 0. The van der Waals surface area contributed by atoms with E-state index in [1.54, 1.807) is 12.3 Å². The van der Waals surface area contributed by atoms with E-state index in [9.17, 15) is 0 Å². The van der Waals surface area contributed by atoms with Gasteiger partial charge in [-0.05, 0) is 18.6 Å². The molecule has 1 aromatic heterocycles. The summed E-state index contributed by atoms with van der Waals surface area (Å²) >= 11 is 0. The van der Waals surface area contributed by atoms with Gasteiger partial charge in [-0.15, -0.1) is 0 Å². The van der Waals surface area contributed by atoms with Gasteiger partial charge in [-0.25, -0.2) is 4.98 Å². The molecular formula is C7H6NO2. The van der Waals surface area contributed by atoms with Crippen LogP contribution in [0.4, 0.5) is 0 Å². The summed E-state index contributed by atoms with van der Waals surface area (Å²) < 4.78 is 10.0. The van der Waals surface area contributed by atoms with Crippen LogP contribution in [-0.2, 0) is 0 Å². The second kappa shape index (κ2) is 1.87. The van der Waals surface area contributed by atoms with Gasteiger partial charge in [0.15, 0.2) is 5.75 Å². The maximum atomic E-state index is 5.05. The lowest BCUT2D eigenvalue weighted by Crippen LogP contribution is -1.93. The third kappa shape index (κ3) is 0.708. The Morgan fingerprint density at radius 3 is 3.30 bits per heavy atom. The topological polar surface area (TPSA) is 31.4 Å². The summed E-state index contributed by atoms with van der Waals surface area (Å²) in [6, 6.07) is 1.80. The number of fused-ring (bicyclic) bond motifs is 1. The average molecular weight is 136 g/mol. The Morgan fingerprint density at radius 2 is 2.40 bits per heavy atom. The van der Waals surface area contributed by atoms with E-state index in [2.05, 4.69) is 11.9 Å². The largest absolute Gasteiger partial charge is 0.452 e. The van der Waals surface area contributed by atoms with Crippen molar-refractivity contribution >= 4 is 0 Å². The number of hydrogen-bond acceptors (Lipinski definition) is 3. The van der Waals surface area contributed by atoms with E-state index >= 15 is 0 Å². The molecule has 3 nitrogen and oxygen atoms in total. The first kappa shape index (κ1) is 5.53. The molecule has 0 unspecified atom stereocenters. The SMILES string of the molecule is [CH2]c1cnc2c(c1)OCO2. The Hall–Kier alpha value is -1.25. The van der Waals surface area contributed by atoms with Crippen molar-refractivity contribution in [2.75, 3.05) is 6.79 Å². The van der Waals surface area contributed by atoms with Crippen LogP contribution in [0.15, 0.2) is 12.3 Å². The van der Waals surface area contributed by atoms with Gasteiger partial charge in [0.1, 0.15) is 0 Å². The van der Waals surface area contributed by atoms with Crippen LogP contribution in [0.5, 0.6) is 11.6 Å². The molecule has 0 atom stereocenters. The van der Waals surface area contributed by atoms with Gasteiger partial charge in [-0.1, -0.05) is 0 Å². The number of ether oxygens (including phenoxy) is 2. The van der Waals surface area contributed by atoms with E-state index in [4.69, 9.17) is 9.47 Å². The minimum Gasteiger partial charge on any atom is -0.452 e. The van der Waals surface area contributed by atoms with Crippen molar-refractivity contribution < 1.29 is 9.47 Å². The van der Waals surface area contributed by atoms with Crippen LogP contribution in [0.25, 0.3) is 0 Å². The van der Waals surface area contributed by atoms with Crippen LogP contribution >= 0.6 is 0 Å². The molecule has 0 amide bonds. The van der Waals surface area contributed by atoms with Crippen molar-refractivity contribution in [3.05, 3.63) is 24.8 Å². The molecule has 2 heterocycles. The van der Waals surface area contributed by atoms with Gasteiger partial charge in [-0.2, -0.15) is 0 Å². The first-order valence-corrected chi connectivity index (χ1v) is 2.94. The Labute approximate surface area is 58.6 Å². The van der Waals surface area contributed by atoms with Crippen LogP contribution in [0.3, 0.4) is 0 Å². The molecular weight excluding hydrogens is 130 g/mol. The van der Waals surface area contributed by atoms with Gasteiger partial charge in [-0.3, -0.25) is 0 Å². The molecule has 1 aliphatic heterocycles. The maximum Gasteiger partial charge on any atom is 0.260 e. The zero-order valence-electron chi connectivity index (χ0n) is 5.33. The number of hydrogen-bond donors (Lipinski definition) is 0. The van der Waals surface area contributed by atoms with E-state index in [-0.39, 0.29) is 6.79 Å². The molecule has 10 heavy (non-hydrogen) atoms. The predicted molar refractivity (Wildman–Crippen MR) is 34.8 cm³/mol. The second-order valence-corrected chi connectivity index (χ2v) is 2.05. The zero-order valence-corrected chi connectivity index (χ0v) is 5.33. The zero-order chi connectivity index (χ0) is 6.97. The van der Waals surface area contributed by atoms with E-state index in [1.807, 2.05) is 0 Å². The van der Waals surface area contributed by atoms with Crippen molar-refractivity contribution in [3.63, 3.8) is 0 Å². The maximum absolute atomic E-state index is 5.05. The minimum atomic E-state index is 0.270. The lowest BCUT2D eigenvalue weighted by molar-refractivity contribution is 0.171. The number of pyridine rings is 1. The fourth-order valence-electron chi connectivity index (χ4n) is 0.833. The molecule has 0 N–H and O–H groups in total. The average Bonchev–Trinajstić information content (AvgIpc) is 2.33. The van der Waals surface area contributed by atoms with E-state index < -0.39 is 0 Å². The van der Waals surface area contributed by atoms with Gasteiger partial charge in [0.25, 0.3) is 5.88 Å². The monoisotopic (exact) mass is 136 g/mol. The standard InChI is InChI=1S/C7H6NO2/c1-5-2-6-7(8-3-5)10-4-9-6/h2-3H,1,4H2. The quantitative estimate of drug-likeness (QED) is 0.533. The molecule has 1 radical (unpaired) electrons. The molecule has 51 valence electrons. The van der Waals surface area contributed by atoms with Gasteiger partial charge in [0.05, 0.1) is 0 Å². The molecule has 1 aromatic rings. The summed E-state index contributed by atoms with van der Waals surface area (Å²) in [4.78, 5) is 3.95. The molecule has 0 saturated carbocycles. The lowest BCUT2D eigenvalue weighted by atomic mass is 10.3. The smallest absolute Gasteiger partial charge is 0.260 e. The van der Waals surface area contributed by atoms with Crippen molar-refractivity contribution in [2.45, 2.75) is 0 Å². The van der Waals surface area contributed by atoms with Crippen LogP contribution in [0, 0.1) is 6.92 Å². The Bertz CT molecular complexity index is 260. The summed E-state index contributed by atoms with van der Waals surface area (Å²) in [5.41, 5.74) is 0.837. The van der Waals surface area contributed by atoms with Gasteiger partial charge >= 0.3 is 0 Å². The van der Waals surface area contributed by atoms with Crippen LogP contribution < -0.4 is 9.47 Å². The van der Waals surface area contributed by atoms with Crippen molar-refractivity contribution in [1.29, 1.82) is 0 Å². The molecule has 2 rings (SSSR count). The van der Waals surface area contributed by atoms with Gasteiger partial charge in [0, 0.05) is 6.20 Å². The highest BCUT2D eigenvalue weighted by atomic mass is 16.7. The van der Waals surface area contributed by atoms with E-state index in [0.717, 1.165) is 5.56 Å². The third-order valence-corrected chi connectivity index (χ3v) is 1.28. The van der Waals surface area contributed by atoms with Crippen molar-refractivity contribution in [1.82, 2.24) is 4.98 Å². The lowest BCUT2D eigenvalue weighted by Gasteiger charge is -1.93. The van der Waals surface area contributed by atoms with Gasteiger partial charge < -0.3 is 9.47 Å². The third-order valence-electron chi connectivity index (χ3n) is 1.28. The molecule has 0 bridgehead atoms. The number of aromatic nitrogens is 1. The Kier molecular flexibility index (Phi) is 1.03. The molecule has 0 saturated heterocycles. The number of rotatable bonds is 0. The first-order valence-electron chi connectivity index (χ1n) is 2.94. The highest BCUT2D eigenvalue weighted by Gasteiger charge is 2.13. The van der Waals surface area contributed by atoms with Crippen LogP contribution in [-0.4, -0.2) is 11.8 Å². The second-order valence-electron chi connectivity index (χ2n) is 2.05. The van der Waals surface area contributed by atoms with Crippen molar-refractivity contribution in [2.24, 2.45) is 0 Å². The summed E-state index contributed by atoms with van der Waals surface area (Å²) in [7, 11) is 0. The van der Waals surface area contributed by atoms with Crippen LogP contribution in [0.1, 0.15) is 5.56 Å². The molecule has 0 aliphatic carbocycles. The summed E-state index contributed by atoms with van der Waals surface area (Å²) in [5.74, 6) is 1.25. The van der Waals surface area contributed by atoms with Crippen LogP contribution in [0.2, 0.25) is 0 Å². The van der Waals surface area contributed by atoms with E-state index in [1.165, 1.54) is 0 Å². The fraction of sp³-hybridized carbons (Fsp3) is 0.143. The molecule has 1 aliphatic rings. The highest BCUT2D eigenvalue weighted by Crippen LogP contribution is 2.29. The normalized spacial score (nSPS) is 13.7. The first-order chi connectivity index (χ1) is 4.86. The summed E-state index contributed by atoms with van der Waals surface area (Å²) in [6.45, 7) is 3.97. The molecule has 0 aromatic carbocycles. The fourth-order valence-corrected chi connectivity index (χ4v) is 0.833. The highest BCUT2D eigenvalue weighted by molar-refractivity contribution is 5.38. The molecule has 0 spiro atoms. The number of nitrogens with zero attached hydrogens (tertiary/aromatic N) is 1. The predicted octanol–water partition coefficient (Wildman–Crippen LogP) is 0.992. The Balaban J connectivity index is 2.52. The van der Waals surface area contributed by atoms with Gasteiger partial charge in [0.2, 0.25) is 6.79 Å². The van der Waals surface area contributed by atoms with Crippen molar-refractivity contribution in [3.8, 4) is 11.6 Å². The van der Waals surface area contributed by atoms with E-state index in [0.29, 0.717) is 11.6 Å². The Morgan fingerprint density at radius 1 is 1.50 bits per heavy atom. The minimum absolute atomic E-state index is 0.270.